The average Bonchev–Trinajstić information content (AvgIpc) is 2.67. The van der Waals surface area contributed by atoms with Gasteiger partial charge in [-0.3, -0.25) is 0 Å². The zero-order chi connectivity index (χ0) is 13.1. The van der Waals surface area contributed by atoms with E-state index in [0.717, 1.165) is 30.2 Å². The summed E-state index contributed by atoms with van der Waals surface area (Å²) in [6, 6.07) is 2.12. The Morgan fingerprint density at radius 2 is 2.17 bits per heavy atom. The monoisotopic (exact) mass is 264 g/mol. The van der Waals surface area contributed by atoms with E-state index in [9.17, 15) is 0 Å². The summed E-state index contributed by atoms with van der Waals surface area (Å²) >= 11 is 6.01. The highest BCUT2D eigenvalue weighted by atomic mass is 35.5. The summed E-state index contributed by atoms with van der Waals surface area (Å²) in [5.74, 6) is 0.824. The summed E-state index contributed by atoms with van der Waals surface area (Å²) < 4.78 is 1.73. The van der Waals surface area contributed by atoms with Gasteiger partial charge in [0.15, 0.2) is 5.82 Å². The summed E-state index contributed by atoms with van der Waals surface area (Å²) in [6.45, 7) is 7.79. The van der Waals surface area contributed by atoms with Gasteiger partial charge < -0.3 is 5.32 Å². The van der Waals surface area contributed by atoms with Crippen LogP contribution in [0.25, 0.3) is 5.82 Å². The summed E-state index contributed by atoms with van der Waals surface area (Å²) in [5.41, 5.74) is 3.08. The SMILES string of the molecule is CCNCc1cnc(-n2cc(Cl)c(C)n2)c(C)c1. The van der Waals surface area contributed by atoms with Gasteiger partial charge in [0.2, 0.25) is 0 Å². The number of aryl methyl sites for hydroxylation is 2. The molecule has 0 saturated heterocycles. The first kappa shape index (κ1) is 13.1. The van der Waals surface area contributed by atoms with Crippen LogP contribution in [0.4, 0.5) is 0 Å². The second-order valence-corrected chi connectivity index (χ2v) is 4.68. The van der Waals surface area contributed by atoms with Gasteiger partial charge >= 0.3 is 0 Å². The molecule has 0 aliphatic rings. The molecule has 0 saturated carbocycles. The zero-order valence-corrected chi connectivity index (χ0v) is 11.6. The molecule has 96 valence electrons. The highest BCUT2D eigenvalue weighted by Gasteiger charge is 2.08. The van der Waals surface area contributed by atoms with Crippen LogP contribution in [0.15, 0.2) is 18.5 Å². The van der Waals surface area contributed by atoms with E-state index >= 15 is 0 Å². The molecule has 0 atom stereocenters. The average molecular weight is 265 g/mol. The first-order chi connectivity index (χ1) is 8.61. The van der Waals surface area contributed by atoms with Gasteiger partial charge in [-0.05, 0) is 37.6 Å². The fourth-order valence-corrected chi connectivity index (χ4v) is 1.91. The predicted octanol–water partition coefficient (Wildman–Crippen LogP) is 2.65. The quantitative estimate of drug-likeness (QED) is 0.923. The van der Waals surface area contributed by atoms with Gasteiger partial charge in [0.25, 0.3) is 0 Å². The molecule has 2 rings (SSSR count). The lowest BCUT2D eigenvalue weighted by Crippen LogP contribution is -2.12. The van der Waals surface area contributed by atoms with Crippen molar-refractivity contribution in [1.82, 2.24) is 20.1 Å². The Morgan fingerprint density at radius 1 is 1.39 bits per heavy atom. The van der Waals surface area contributed by atoms with Crippen molar-refractivity contribution in [3.8, 4) is 5.82 Å². The first-order valence-electron chi connectivity index (χ1n) is 6.00. The van der Waals surface area contributed by atoms with E-state index < -0.39 is 0 Å². The van der Waals surface area contributed by atoms with Crippen LogP contribution in [0, 0.1) is 13.8 Å². The summed E-state index contributed by atoms with van der Waals surface area (Å²) in [5, 5.41) is 8.28. The molecule has 2 aromatic rings. The first-order valence-corrected chi connectivity index (χ1v) is 6.38. The number of nitrogens with one attached hydrogen (secondary N) is 1. The third-order valence-corrected chi connectivity index (χ3v) is 3.11. The van der Waals surface area contributed by atoms with Gasteiger partial charge in [0, 0.05) is 12.7 Å². The van der Waals surface area contributed by atoms with E-state index in [0.29, 0.717) is 5.02 Å². The van der Waals surface area contributed by atoms with Crippen LogP contribution in [0.5, 0.6) is 0 Å². The molecule has 0 fully saturated rings. The molecule has 0 aliphatic carbocycles. The van der Waals surface area contributed by atoms with Gasteiger partial charge in [0.05, 0.1) is 16.9 Å². The van der Waals surface area contributed by atoms with E-state index in [-0.39, 0.29) is 0 Å². The molecule has 2 heterocycles. The Hall–Kier alpha value is -1.39. The van der Waals surface area contributed by atoms with Crippen molar-refractivity contribution in [2.45, 2.75) is 27.3 Å². The van der Waals surface area contributed by atoms with E-state index in [1.54, 1.807) is 10.9 Å². The lowest BCUT2D eigenvalue weighted by Gasteiger charge is -2.07. The lowest BCUT2D eigenvalue weighted by molar-refractivity contribution is 0.721. The third-order valence-electron chi connectivity index (χ3n) is 2.74. The maximum absolute atomic E-state index is 6.01. The molecule has 18 heavy (non-hydrogen) atoms. The van der Waals surface area contributed by atoms with Crippen LogP contribution >= 0.6 is 11.6 Å². The molecular weight excluding hydrogens is 248 g/mol. The van der Waals surface area contributed by atoms with E-state index in [1.807, 2.05) is 20.0 Å². The minimum atomic E-state index is 0.660. The number of nitrogens with zero attached hydrogens (tertiary/aromatic N) is 3. The molecule has 0 spiro atoms. The van der Waals surface area contributed by atoms with Crippen molar-refractivity contribution in [3.63, 3.8) is 0 Å². The molecule has 0 bridgehead atoms. The molecule has 0 amide bonds. The highest BCUT2D eigenvalue weighted by Crippen LogP contribution is 2.17. The molecule has 0 aromatic carbocycles. The molecule has 5 heteroatoms. The van der Waals surface area contributed by atoms with E-state index in [1.165, 1.54) is 5.56 Å². The minimum absolute atomic E-state index is 0.660. The standard InChI is InChI=1S/C13H17ClN4/c1-4-15-6-11-5-9(2)13(16-7-11)18-8-12(14)10(3)17-18/h5,7-8,15H,4,6H2,1-3H3. The molecule has 2 aromatic heterocycles. The Bertz CT molecular complexity index is 528. The van der Waals surface area contributed by atoms with Crippen LogP contribution in [0.1, 0.15) is 23.7 Å². The summed E-state index contributed by atoms with van der Waals surface area (Å²) in [4.78, 5) is 4.46. The van der Waals surface area contributed by atoms with Crippen molar-refractivity contribution >= 4 is 11.6 Å². The van der Waals surface area contributed by atoms with Gasteiger partial charge in [-0.25, -0.2) is 9.67 Å². The summed E-state index contributed by atoms with van der Waals surface area (Å²) in [6.07, 6.45) is 3.66. The molecule has 0 unspecified atom stereocenters. The van der Waals surface area contributed by atoms with Crippen molar-refractivity contribution in [1.29, 1.82) is 0 Å². The normalized spacial score (nSPS) is 10.9. The number of halogens is 1. The molecule has 1 N–H and O–H groups in total. The van der Waals surface area contributed by atoms with Crippen molar-refractivity contribution in [2.75, 3.05) is 6.54 Å². The molecule has 0 radical (unpaired) electrons. The second-order valence-electron chi connectivity index (χ2n) is 4.27. The fraction of sp³-hybridized carbons (Fsp3) is 0.385. The van der Waals surface area contributed by atoms with Gasteiger partial charge in [-0.2, -0.15) is 5.10 Å². The number of aromatic nitrogens is 3. The van der Waals surface area contributed by atoms with Gasteiger partial charge in [-0.15, -0.1) is 0 Å². The zero-order valence-electron chi connectivity index (χ0n) is 10.9. The Labute approximate surface area is 112 Å². The van der Waals surface area contributed by atoms with E-state index in [2.05, 4.69) is 28.4 Å². The maximum atomic E-state index is 6.01. The number of hydrogen-bond acceptors (Lipinski definition) is 3. The third kappa shape index (κ3) is 2.71. The van der Waals surface area contributed by atoms with Crippen molar-refractivity contribution < 1.29 is 0 Å². The van der Waals surface area contributed by atoms with Crippen LogP contribution in [0.3, 0.4) is 0 Å². The van der Waals surface area contributed by atoms with Crippen LogP contribution in [0.2, 0.25) is 5.02 Å². The largest absolute Gasteiger partial charge is 0.313 e. The molecule has 4 nitrogen and oxygen atoms in total. The minimum Gasteiger partial charge on any atom is -0.313 e. The van der Waals surface area contributed by atoms with E-state index in [4.69, 9.17) is 11.6 Å². The van der Waals surface area contributed by atoms with Crippen LogP contribution < -0.4 is 5.32 Å². The smallest absolute Gasteiger partial charge is 0.156 e. The Morgan fingerprint density at radius 3 is 2.72 bits per heavy atom. The number of hydrogen-bond donors (Lipinski definition) is 1. The predicted molar refractivity (Wildman–Crippen MR) is 73.2 cm³/mol. The van der Waals surface area contributed by atoms with Crippen molar-refractivity contribution in [2.24, 2.45) is 0 Å². The lowest BCUT2D eigenvalue weighted by atomic mass is 10.2. The summed E-state index contributed by atoms with van der Waals surface area (Å²) in [7, 11) is 0. The highest BCUT2D eigenvalue weighted by molar-refractivity contribution is 6.31. The number of pyridine rings is 1. The Kier molecular flexibility index (Phi) is 3.99. The van der Waals surface area contributed by atoms with Crippen LogP contribution in [-0.4, -0.2) is 21.3 Å². The van der Waals surface area contributed by atoms with Gasteiger partial charge in [0.1, 0.15) is 0 Å². The molecule has 0 aliphatic heterocycles. The maximum Gasteiger partial charge on any atom is 0.156 e. The molecular formula is C13H17ClN4. The Balaban J connectivity index is 2.29. The topological polar surface area (TPSA) is 42.7 Å². The fourth-order valence-electron chi connectivity index (χ4n) is 1.78. The second kappa shape index (κ2) is 5.50. The van der Waals surface area contributed by atoms with Crippen LogP contribution in [-0.2, 0) is 6.54 Å². The van der Waals surface area contributed by atoms with Gasteiger partial charge in [-0.1, -0.05) is 18.5 Å². The number of rotatable bonds is 4. The van der Waals surface area contributed by atoms with Crippen molar-refractivity contribution in [3.05, 3.63) is 40.3 Å².